The van der Waals surface area contributed by atoms with Gasteiger partial charge in [-0.1, -0.05) is 37.3 Å². The number of amides is 1. The van der Waals surface area contributed by atoms with Crippen LogP contribution in [0, 0.1) is 0 Å². The first-order valence-corrected chi connectivity index (χ1v) is 7.36. The molecule has 21 heavy (non-hydrogen) atoms. The molecule has 0 saturated carbocycles. The highest BCUT2D eigenvalue weighted by atomic mass is 16.2. The number of aromatic nitrogens is 3. The molecular formula is C16H22N4O. The van der Waals surface area contributed by atoms with Crippen molar-refractivity contribution in [2.45, 2.75) is 45.8 Å². The van der Waals surface area contributed by atoms with Crippen molar-refractivity contribution in [2.24, 2.45) is 0 Å². The van der Waals surface area contributed by atoms with Gasteiger partial charge >= 0.3 is 0 Å². The van der Waals surface area contributed by atoms with Crippen LogP contribution in [0.25, 0.3) is 0 Å². The van der Waals surface area contributed by atoms with Crippen molar-refractivity contribution in [3.8, 4) is 0 Å². The fourth-order valence-electron chi connectivity index (χ4n) is 2.19. The molecule has 112 valence electrons. The van der Waals surface area contributed by atoms with E-state index in [0.717, 1.165) is 12.0 Å². The van der Waals surface area contributed by atoms with Crippen LogP contribution >= 0.6 is 0 Å². The van der Waals surface area contributed by atoms with Crippen LogP contribution in [-0.2, 0) is 17.9 Å². The Kier molecular flexibility index (Phi) is 5.49. The second-order valence-electron chi connectivity index (χ2n) is 5.17. The van der Waals surface area contributed by atoms with Gasteiger partial charge in [-0.2, -0.15) is 5.10 Å². The van der Waals surface area contributed by atoms with Crippen molar-refractivity contribution in [1.29, 1.82) is 0 Å². The van der Waals surface area contributed by atoms with Crippen LogP contribution in [0.4, 0.5) is 0 Å². The Balaban J connectivity index is 1.99. The van der Waals surface area contributed by atoms with E-state index in [0.29, 0.717) is 19.5 Å². The minimum Gasteiger partial charge on any atom is -0.336 e. The van der Waals surface area contributed by atoms with Gasteiger partial charge < -0.3 is 4.90 Å². The average Bonchev–Trinajstić information content (AvgIpc) is 3.04. The number of carbonyl (C=O) groups excluding carboxylic acids is 1. The summed E-state index contributed by atoms with van der Waals surface area (Å²) in [5, 5.41) is 4.03. The maximum Gasteiger partial charge on any atom is 0.224 e. The van der Waals surface area contributed by atoms with Crippen molar-refractivity contribution in [3.05, 3.63) is 48.5 Å². The molecule has 2 rings (SSSR count). The molecule has 5 heteroatoms. The maximum atomic E-state index is 12.5. The molecule has 0 N–H and O–H groups in total. The third-order valence-corrected chi connectivity index (χ3v) is 3.66. The molecule has 0 fully saturated rings. The topological polar surface area (TPSA) is 51.0 Å². The molecule has 0 unspecified atom stereocenters. The Morgan fingerprint density at radius 1 is 1.33 bits per heavy atom. The number of nitrogens with zero attached hydrogens (tertiary/aromatic N) is 4. The predicted octanol–water partition coefficient (Wildman–Crippen LogP) is 2.50. The lowest BCUT2D eigenvalue weighted by molar-refractivity contribution is -0.134. The van der Waals surface area contributed by atoms with Crippen molar-refractivity contribution in [3.63, 3.8) is 0 Å². The number of aryl methyl sites for hydroxylation is 1. The van der Waals surface area contributed by atoms with Crippen molar-refractivity contribution in [2.75, 3.05) is 0 Å². The zero-order valence-corrected chi connectivity index (χ0v) is 12.6. The number of benzene rings is 1. The number of rotatable bonds is 7. The van der Waals surface area contributed by atoms with Crippen molar-refractivity contribution >= 4 is 5.91 Å². The third kappa shape index (κ3) is 4.41. The van der Waals surface area contributed by atoms with E-state index in [4.69, 9.17) is 0 Å². The highest BCUT2D eigenvalue weighted by Crippen LogP contribution is 2.12. The monoisotopic (exact) mass is 286 g/mol. The number of hydrogen-bond acceptors (Lipinski definition) is 3. The molecule has 0 aliphatic rings. The van der Waals surface area contributed by atoms with Gasteiger partial charge in [-0.15, -0.1) is 0 Å². The SMILES string of the molecule is CC[C@H](C)N(Cc1ccccc1)C(=O)CCn1cncn1. The van der Waals surface area contributed by atoms with Gasteiger partial charge in [0.15, 0.2) is 0 Å². The average molecular weight is 286 g/mol. The summed E-state index contributed by atoms with van der Waals surface area (Å²) in [4.78, 5) is 18.3. The van der Waals surface area contributed by atoms with Crippen LogP contribution in [0.3, 0.4) is 0 Å². The van der Waals surface area contributed by atoms with Crippen molar-refractivity contribution in [1.82, 2.24) is 19.7 Å². The minimum absolute atomic E-state index is 0.156. The van der Waals surface area contributed by atoms with Gasteiger partial charge in [0, 0.05) is 19.0 Å². The van der Waals surface area contributed by atoms with Crippen LogP contribution in [0.5, 0.6) is 0 Å². The van der Waals surface area contributed by atoms with Crippen molar-refractivity contribution < 1.29 is 4.79 Å². The predicted molar refractivity (Wildman–Crippen MR) is 81.4 cm³/mol. The smallest absolute Gasteiger partial charge is 0.224 e. The van der Waals surface area contributed by atoms with E-state index in [-0.39, 0.29) is 11.9 Å². The molecule has 1 aromatic heterocycles. The second-order valence-corrected chi connectivity index (χ2v) is 5.17. The molecule has 0 radical (unpaired) electrons. The summed E-state index contributed by atoms with van der Waals surface area (Å²) in [5.74, 6) is 0.156. The summed E-state index contributed by atoms with van der Waals surface area (Å²) in [5.41, 5.74) is 1.16. The second kappa shape index (κ2) is 7.57. The van der Waals surface area contributed by atoms with Crippen LogP contribution in [0.15, 0.2) is 43.0 Å². The van der Waals surface area contributed by atoms with Gasteiger partial charge in [0.05, 0.1) is 6.54 Å². The highest BCUT2D eigenvalue weighted by Gasteiger charge is 2.19. The van der Waals surface area contributed by atoms with E-state index in [1.807, 2.05) is 23.1 Å². The molecule has 0 aliphatic heterocycles. The Hall–Kier alpha value is -2.17. The van der Waals surface area contributed by atoms with Gasteiger partial charge in [-0.05, 0) is 18.9 Å². The molecular weight excluding hydrogens is 264 g/mol. The molecule has 0 saturated heterocycles. The highest BCUT2D eigenvalue weighted by molar-refractivity contribution is 5.76. The van der Waals surface area contributed by atoms with E-state index in [1.165, 1.54) is 6.33 Å². The first-order valence-electron chi connectivity index (χ1n) is 7.36. The quantitative estimate of drug-likeness (QED) is 0.785. The zero-order chi connectivity index (χ0) is 15.1. The number of hydrogen-bond donors (Lipinski definition) is 0. The van der Waals surface area contributed by atoms with E-state index in [9.17, 15) is 4.79 Å². The summed E-state index contributed by atoms with van der Waals surface area (Å²) in [6.45, 7) is 5.43. The third-order valence-electron chi connectivity index (χ3n) is 3.66. The van der Waals surface area contributed by atoms with Gasteiger partial charge in [-0.3, -0.25) is 9.48 Å². The lowest BCUT2D eigenvalue weighted by atomic mass is 10.1. The maximum absolute atomic E-state index is 12.5. The van der Waals surface area contributed by atoms with E-state index < -0.39 is 0 Å². The van der Waals surface area contributed by atoms with Crippen LogP contribution in [-0.4, -0.2) is 31.6 Å². The van der Waals surface area contributed by atoms with Crippen LogP contribution in [0.2, 0.25) is 0 Å². The van der Waals surface area contributed by atoms with Gasteiger partial charge in [0.25, 0.3) is 0 Å². The van der Waals surface area contributed by atoms with Crippen LogP contribution in [0.1, 0.15) is 32.3 Å². The summed E-state index contributed by atoms with van der Waals surface area (Å²) in [6, 6.07) is 10.3. The molecule has 2 aromatic rings. The first kappa shape index (κ1) is 15.2. The standard InChI is InChI=1S/C16H22N4O/c1-3-14(2)20(11-15-7-5-4-6-8-15)16(21)9-10-19-13-17-12-18-19/h4-8,12-14H,3,9-11H2,1-2H3/t14-/m0/s1. The summed E-state index contributed by atoms with van der Waals surface area (Å²) in [6.07, 6.45) is 4.52. The molecule has 1 atom stereocenters. The normalized spacial score (nSPS) is 12.1. The van der Waals surface area contributed by atoms with E-state index in [1.54, 1.807) is 11.0 Å². The Morgan fingerprint density at radius 2 is 2.10 bits per heavy atom. The zero-order valence-electron chi connectivity index (χ0n) is 12.6. The first-order chi connectivity index (χ1) is 10.2. The molecule has 0 bridgehead atoms. The van der Waals surface area contributed by atoms with E-state index >= 15 is 0 Å². The Labute approximate surface area is 125 Å². The summed E-state index contributed by atoms with van der Waals surface area (Å²) >= 11 is 0. The summed E-state index contributed by atoms with van der Waals surface area (Å²) in [7, 11) is 0. The fourth-order valence-corrected chi connectivity index (χ4v) is 2.19. The van der Waals surface area contributed by atoms with Gasteiger partial charge in [0.1, 0.15) is 12.7 Å². The number of carbonyl (C=O) groups is 1. The largest absolute Gasteiger partial charge is 0.336 e. The minimum atomic E-state index is 0.156. The molecule has 1 heterocycles. The van der Waals surface area contributed by atoms with Gasteiger partial charge in [0.2, 0.25) is 5.91 Å². The molecule has 0 spiro atoms. The molecule has 1 amide bonds. The Morgan fingerprint density at radius 3 is 2.71 bits per heavy atom. The van der Waals surface area contributed by atoms with E-state index in [2.05, 4.69) is 36.1 Å². The fraction of sp³-hybridized carbons (Fsp3) is 0.438. The molecule has 0 aliphatic carbocycles. The van der Waals surface area contributed by atoms with Gasteiger partial charge in [-0.25, -0.2) is 4.98 Å². The lowest BCUT2D eigenvalue weighted by Gasteiger charge is -2.29. The Bertz CT molecular complexity index is 539. The summed E-state index contributed by atoms with van der Waals surface area (Å²) < 4.78 is 1.69. The molecule has 1 aromatic carbocycles. The van der Waals surface area contributed by atoms with Crippen LogP contribution < -0.4 is 0 Å². The lowest BCUT2D eigenvalue weighted by Crippen LogP contribution is -2.38. The molecule has 5 nitrogen and oxygen atoms in total.